The number of carbonyl (C=O) groups excluding carboxylic acids is 1. The first kappa shape index (κ1) is 19.2. The first-order chi connectivity index (χ1) is 13.0. The Balaban J connectivity index is 1.58. The highest BCUT2D eigenvalue weighted by atomic mass is 35.5. The van der Waals surface area contributed by atoms with Gasteiger partial charge in [-0.2, -0.15) is 0 Å². The van der Waals surface area contributed by atoms with E-state index in [4.69, 9.17) is 16.3 Å². The molecule has 3 rings (SSSR count). The van der Waals surface area contributed by atoms with Gasteiger partial charge in [-0.1, -0.05) is 54.1 Å². The molecule has 1 saturated heterocycles. The fourth-order valence-corrected chi connectivity index (χ4v) is 3.17. The molecule has 27 heavy (non-hydrogen) atoms. The van der Waals surface area contributed by atoms with Crippen LogP contribution in [0.25, 0.3) is 0 Å². The van der Waals surface area contributed by atoms with Crippen LogP contribution in [0.2, 0.25) is 5.02 Å². The Bertz CT molecular complexity index is 782. The SMILES string of the molecule is O=C(O)C1CN(C(=O)OCc2ccccc2)CCN1Cc1ccc(Cl)cc1. The number of nitrogens with zero attached hydrogens (tertiary/aromatic N) is 2. The molecule has 1 aliphatic rings. The van der Waals surface area contributed by atoms with Crippen LogP contribution in [0.1, 0.15) is 11.1 Å². The average molecular weight is 389 g/mol. The van der Waals surface area contributed by atoms with E-state index in [2.05, 4.69) is 0 Å². The van der Waals surface area contributed by atoms with Gasteiger partial charge in [-0.3, -0.25) is 9.69 Å². The summed E-state index contributed by atoms with van der Waals surface area (Å²) in [4.78, 5) is 27.3. The van der Waals surface area contributed by atoms with Crippen LogP contribution in [-0.4, -0.2) is 52.6 Å². The van der Waals surface area contributed by atoms with Gasteiger partial charge >= 0.3 is 12.1 Å². The van der Waals surface area contributed by atoms with E-state index < -0.39 is 18.1 Å². The van der Waals surface area contributed by atoms with Crippen molar-refractivity contribution in [3.05, 3.63) is 70.7 Å². The van der Waals surface area contributed by atoms with Gasteiger partial charge in [0.1, 0.15) is 12.6 Å². The minimum atomic E-state index is -0.954. The topological polar surface area (TPSA) is 70.1 Å². The van der Waals surface area contributed by atoms with Crippen molar-refractivity contribution in [3.63, 3.8) is 0 Å². The molecule has 1 N–H and O–H groups in total. The number of carboxylic acids is 1. The molecule has 2 aromatic rings. The van der Waals surface area contributed by atoms with Crippen molar-refractivity contribution in [2.45, 2.75) is 19.2 Å². The minimum absolute atomic E-state index is 0.0938. The Labute approximate surface area is 162 Å². The van der Waals surface area contributed by atoms with Crippen LogP contribution in [0.4, 0.5) is 4.79 Å². The second kappa shape index (κ2) is 8.88. The van der Waals surface area contributed by atoms with Crippen molar-refractivity contribution in [2.75, 3.05) is 19.6 Å². The molecule has 1 unspecified atom stereocenters. The van der Waals surface area contributed by atoms with Gasteiger partial charge in [0.15, 0.2) is 0 Å². The number of carbonyl (C=O) groups is 2. The number of benzene rings is 2. The molecule has 0 spiro atoms. The van der Waals surface area contributed by atoms with E-state index in [1.165, 1.54) is 4.90 Å². The smallest absolute Gasteiger partial charge is 0.410 e. The molecule has 1 heterocycles. The summed E-state index contributed by atoms with van der Waals surface area (Å²) >= 11 is 5.90. The van der Waals surface area contributed by atoms with Gasteiger partial charge in [-0.15, -0.1) is 0 Å². The van der Waals surface area contributed by atoms with Gasteiger partial charge in [0.05, 0.1) is 6.54 Å². The summed E-state index contributed by atoms with van der Waals surface area (Å²) in [6, 6.07) is 15.9. The number of hydrogen-bond donors (Lipinski definition) is 1. The molecule has 0 saturated carbocycles. The third-order valence-electron chi connectivity index (χ3n) is 4.54. The van der Waals surface area contributed by atoms with E-state index in [0.29, 0.717) is 24.7 Å². The lowest BCUT2D eigenvalue weighted by atomic mass is 10.1. The molecule has 1 aliphatic heterocycles. The lowest BCUT2D eigenvalue weighted by molar-refractivity contribution is -0.145. The monoisotopic (exact) mass is 388 g/mol. The summed E-state index contributed by atoms with van der Waals surface area (Å²) in [5.74, 6) is -0.954. The van der Waals surface area contributed by atoms with Gasteiger partial charge in [0.25, 0.3) is 0 Å². The Hall–Kier alpha value is -2.57. The highest BCUT2D eigenvalue weighted by Gasteiger charge is 2.34. The predicted octanol–water partition coefficient (Wildman–Crippen LogP) is 3.25. The summed E-state index contributed by atoms with van der Waals surface area (Å²) in [6.45, 7) is 1.63. The summed E-state index contributed by atoms with van der Waals surface area (Å²) in [5, 5.41) is 10.2. The number of ether oxygens (including phenoxy) is 1. The number of rotatable bonds is 5. The number of carboxylic acid groups (broad SMARTS) is 1. The van der Waals surface area contributed by atoms with Crippen LogP contribution in [-0.2, 0) is 22.7 Å². The van der Waals surface area contributed by atoms with Crippen molar-refractivity contribution in [3.8, 4) is 0 Å². The van der Waals surface area contributed by atoms with Gasteiger partial charge in [-0.25, -0.2) is 4.79 Å². The Morgan fingerprint density at radius 2 is 1.74 bits per heavy atom. The fourth-order valence-electron chi connectivity index (χ4n) is 3.04. The van der Waals surface area contributed by atoms with E-state index in [9.17, 15) is 14.7 Å². The van der Waals surface area contributed by atoms with Crippen molar-refractivity contribution in [1.29, 1.82) is 0 Å². The third kappa shape index (κ3) is 5.21. The number of aliphatic carboxylic acids is 1. The molecule has 1 fully saturated rings. The Morgan fingerprint density at radius 3 is 2.41 bits per heavy atom. The maximum Gasteiger partial charge on any atom is 0.410 e. The molecule has 1 atom stereocenters. The molecule has 1 amide bonds. The fraction of sp³-hybridized carbons (Fsp3) is 0.300. The highest BCUT2D eigenvalue weighted by molar-refractivity contribution is 6.30. The molecule has 0 bridgehead atoms. The zero-order chi connectivity index (χ0) is 19.2. The van der Waals surface area contributed by atoms with Gasteiger partial charge in [-0.05, 0) is 23.3 Å². The highest BCUT2D eigenvalue weighted by Crippen LogP contribution is 2.17. The summed E-state index contributed by atoms with van der Waals surface area (Å²) in [7, 11) is 0. The lowest BCUT2D eigenvalue weighted by Gasteiger charge is -2.38. The van der Waals surface area contributed by atoms with Crippen LogP contribution in [0.5, 0.6) is 0 Å². The quantitative estimate of drug-likeness (QED) is 0.851. The molecule has 2 aromatic carbocycles. The van der Waals surface area contributed by atoms with E-state index in [1.807, 2.05) is 47.4 Å². The molecule has 0 aliphatic carbocycles. The number of halogens is 1. The summed E-state index contributed by atoms with van der Waals surface area (Å²) < 4.78 is 5.32. The van der Waals surface area contributed by atoms with Crippen molar-refractivity contribution in [1.82, 2.24) is 9.80 Å². The van der Waals surface area contributed by atoms with Crippen LogP contribution >= 0.6 is 11.6 Å². The van der Waals surface area contributed by atoms with Crippen LogP contribution in [0, 0.1) is 0 Å². The Kier molecular flexibility index (Phi) is 6.32. The van der Waals surface area contributed by atoms with Crippen molar-refractivity contribution >= 4 is 23.7 Å². The maximum atomic E-state index is 12.3. The maximum absolute atomic E-state index is 12.3. The average Bonchev–Trinajstić information content (AvgIpc) is 2.69. The molecule has 0 aromatic heterocycles. The van der Waals surface area contributed by atoms with Crippen molar-refractivity contribution in [2.24, 2.45) is 0 Å². The first-order valence-corrected chi connectivity index (χ1v) is 9.07. The third-order valence-corrected chi connectivity index (χ3v) is 4.79. The van der Waals surface area contributed by atoms with Crippen LogP contribution in [0.3, 0.4) is 0 Å². The lowest BCUT2D eigenvalue weighted by Crippen LogP contribution is -2.57. The van der Waals surface area contributed by atoms with E-state index in [-0.39, 0.29) is 13.2 Å². The van der Waals surface area contributed by atoms with E-state index in [1.54, 1.807) is 12.1 Å². The van der Waals surface area contributed by atoms with Crippen molar-refractivity contribution < 1.29 is 19.4 Å². The van der Waals surface area contributed by atoms with Crippen LogP contribution < -0.4 is 0 Å². The van der Waals surface area contributed by atoms with Gasteiger partial charge in [0, 0.05) is 24.7 Å². The standard InChI is InChI=1S/C20H21ClN2O4/c21-17-8-6-15(7-9-17)12-22-10-11-23(13-18(22)19(24)25)20(26)27-14-16-4-2-1-3-5-16/h1-9,18H,10-14H2,(H,24,25). The second-order valence-electron chi connectivity index (χ2n) is 6.44. The van der Waals surface area contributed by atoms with Gasteiger partial charge in [0.2, 0.25) is 0 Å². The molecular weight excluding hydrogens is 368 g/mol. The van der Waals surface area contributed by atoms with E-state index in [0.717, 1.165) is 11.1 Å². The van der Waals surface area contributed by atoms with Gasteiger partial charge < -0.3 is 14.7 Å². The molecule has 0 radical (unpaired) electrons. The molecule has 6 nitrogen and oxygen atoms in total. The number of hydrogen-bond acceptors (Lipinski definition) is 4. The number of amides is 1. The molecular formula is C20H21ClN2O4. The summed E-state index contributed by atoms with van der Waals surface area (Å²) in [5.41, 5.74) is 1.87. The number of piperazine rings is 1. The zero-order valence-corrected chi connectivity index (χ0v) is 15.5. The molecule has 7 heteroatoms. The Morgan fingerprint density at radius 1 is 1.04 bits per heavy atom. The normalized spacial score (nSPS) is 17.5. The summed E-state index contributed by atoms with van der Waals surface area (Å²) in [6.07, 6.45) is -0.490. The molecule has 142 valence electrons. The minimum Gasteiger partial charge on any atom is -0.480 e. The zero-order valence-electron chi connectivity index (χ0n) is 14.8. The van der Waals surface area contributed by atoms with Crippen LogP contribution in [0.15, 0.2) is 54.6 Å². The first-order valence-electron chi connectivity index (χ1n) is 8.70. The second-order valence-corrected chi connectivity index (χ2v) is 6.87. The van der Waals surface area contributed by atoms with E-state index >= 15 is 0 Å². The largest absolute Gasteiger partial charge is 0.480 e. The predicted molar refractivity (Wildman–Crippen MR) is 101 cm³/mol.